The number of phenols is 1. The molecule has 1 N–H and O–H groups in total. The third kappa shape index (κ3) is 1.60. The fraction of sp³-hybridized carbons (Fsp3) is 0.714. The summed E-state index contributed by atoms with van der Waals surface area (Å²) < 4.78 is 12.6. The summed E-state index contributed by atoms with van der Waals surface area (Å²) >= 11 is 0. The van der Waals surface area contributed by atoms with E-state index in [9.17, 15) is 10.3 Å². The average Bonchev–Trinajstić information content (AvgIpc) is 3.37. The maximum absolute atomic E-state index is 14.1. The quantitative estimate of drug-likeness (QED) is 0.667. The summed E-state index contributed by atoms with van der Waals surface area (Å²) in [5.41, 5.74) is 1.64. The summed E-state index contributed by atoms with van der Waals surface area (Å²) in [4.78, 5) is 0. The van der Waals surface area contributed by atoms with Gasteiger partial charge in [-0.3, -0.25) is 0 Å². The van der Waals surface area contributed by atoms with Crippen LogP contribution in [0.25, 0.3) is 0 Å². The Morgan fingerprint density at radius 2 is 2.15 bits per heavy atom. The van der Waals surface area contributed by atoms with E-state index in [4.69, 9.17) is 9.47 Å². The molecule has 1 aromatic rings. The molecule has 1 aromatic carbocycles. The van der Waals surface area contributed by atoms with Gasteiger partial charge in [0.2, 0.25) is 0 Å². The molecule has 0 amide bonds. The first-order valence-corrected chi connectivity index (χ1v) is 10.2. The van der Waals surface area contributed by atoms with Crippen LogP contribution in [0.1, 0.15) is 49.7 Å². The number of piperidine rings is 1. The number of ether oxygens (including phenoxy) is 2. The molecular weight excluding hydrogens is 330 g/mol. The van der Waals surface area contributed by atoms with Gasteiger partial charge < -0.3 is 24.4 Å². The molecule has 1 spiro atoms. The molecule has 3 fully saturated rings. The van der Waals surface area contributed by atoms with Gasteiger partial charge >= 0.3 is 0 Å². The highest BCUT2D eigenvalue weighted by molar-refractivity contribution is 5.61. The zero-order valence-electron chi connectivity index (χ0n) is 15.4. The molecule has 5 nitrogen and oxygen atoms in total. The van der Waals surface area contributed by atoms with Crippen molar-refractivity contribution in [1.82, 2.24) is 0 Å². The van der Waals surface area contributed by atoms with Crippen LogP contribution in [0.4, 0.5) is 0 Å². The minimum absolute atomic E-state index is 0.0238. The standard InChI is InChI=1S/C21H27NO4/c1-25-21-8-2-3-17-20(21)9-10-22(24,12-13-4-5-13)16(21)11-14-6-7-15(23)19(26-17)18(14)20/h6-7,13,16-17,23H,2-5,8-12H2,1H3/t16-,17+,20-,21?,22?/m1/s1. The van der Waals surface area contributed by atoms with Crippen LogP contribution < -0.4 is 4.74 Å². The molecule has 2 aliphatic heterocycles. The van der Waals surface area contributed by atoms with Crippen molar-refractivity contribution in [2.24, 2.45) is 5.92 Å². The number of hydrogen-bond donors (Lipinski definition) is 1. The van der Waals surface area contributed by atoms with E-state index < -0.39 is 5.60 Å². The Labute approximate surface area is 154 Å². The van der Waals surface area contributed by atoms with Gasteiger partial charge in [-0.05, 0) is 43.7 Å². The molecule has 140 valence electrons. The second-order valence-electron chi connectivity index (χ2n) is 9.28. The summed E-state index contributed by atoms with van der Waals surface area (Å²) in [6, 6.07) is 3.71. The third-order valence-electron chi connectivity index (χ3n) is 8.28. The van der Waals surface area contributed by atoms with Gasteiger partial charge in [0.1, 0.15) is 17.7 Å². The number of methoxy groups -OCH3 is 1. The lowest BCUT2D eigenvalue weighted by Crippen LogP contribution is -2.79. The summed E-state index contributed by atoms with van der Waals surface area (Å²) in [5.74, 6) is 1.51. The predicted octanol–water partition coefficient (Wildman–Crippen LogP) is 3.01. The molecule has 1 saturated heterocycles. The van der Waals surface area contributed by atoms with Crippen molar-refractivity contribution in [3.05, 3.63) is 28.5 Å². The topological polar surface area (TPSA) is 61.8 Å². The highest BCUT2D eigenvalue weighted by Crippen LogP contribution is 2.67. The molecule has 0 aromatic heterocycles. The lowest BCUT2D eigenvalue weighted by Gasteiger charge is -2.68. The van der Waals surface area contributed by atoms with Crippen LogP contribution in [0.5, 0.6) is 11.5 Å². The summed E-state index contributed by atoms with van der Waals surface area (Å²) in [5, 5.41) is 24.6. The van der Waals surface area contributed by atoms with Crippen LogP contribution in [0.3, 0.4) is 0 Å². The molecule has 2 unspecified atom stereocenters. The number of quaternary nitrogens is 1. The van der Waals surface area contributed by atoms with Crippen molar-refractivity contribution in [1.29, 1.82) is 0 Å². The van der Waals surface area contributed by atoms with Crippen molar-refractivity contribution in [3.63, 3.8) is 0 Å². The first-order chi connectivity index (χ1) is 12.5. The van der Waals surface area contributed by atoms with Crippen LogP contribution in [0.15, 0.2) is 12.1 Å². The highest BCUT2D eigenvalue weighted by Gasteiger charge is 2.75. The van der Waals surface area contributed by atoms with Crippen molar-refractivity contribution < 1.29 is 19.2 Å². The molecule has 3 aliphatic carbocycles. The van der Waals surface area contributed by atoms with E-state index in [2.05, 4.69) is 0 Å². The number of hydrogen-bond acceptors (Lipinski definition) is 4. The van der Waals surface area contributed by atoms with E-state index in [1.54, 1.807) is 13.2 Å². The van der Waals surface area contributed by atoms with Gasteiger partial charge in [-0.25, -0.2) is 0 Å². The zero-order chi connectivity index (χ0) is 17.7. The Balaban J connectivity index is 1.60. The number of phenolic OH excluding ortho intramolecular Hbond substituents is 1. The van der Waals surface area contributed by atoms with Crippen molar-refractivity contribution in [2.75, 3.05) is 20.2 Å². The van der Waals surface area contributed by atoms with Crippen LogP contribution in [-0.2, 0) is 16.6 Å². The predicted molar refractivity (Wildman–Crippen MR) is 96.0 cm³/mol. The smallest absolute Gasteiger partial charge is 0.165 e. The van der Waals surface area contributed by atoms with Gasteiger partial charge in [0.25, 0.3) is 0 Å². The second kappa shape index (κ2) is 4.75. The molecule has 2 heterocycles. The Bertz CT molecular complexity index is 792. The number of aromatic hydroxyl groups is 1. The SMILES string of the molecule is COC12CCC[C@@H]3Oc4c(O)ccc5c4[C@@]31CC[N+]([O-])(CC1CC1)[C@@H]2C5. The first-order valence-electron chi connectivity index (χ1n) is 10.2. The van der Waals surface area contributed by atoms with Crippen LogP contribution in [0, 0.1) is 11.1 Å². The molecule has 5 atom stereocenters. The molecule has 26 heavy (non-hydrogen) atoms. The van der Waals surface area contributed by atoms with Gasteiger partial charge in [-0.1, -0.05) is 6.07 Å². The minimum Gasteiger partial charge on any atom is -0.632 e. The zero-order valence-corrected chi connectivity index (χ0v) is 15.4. The Morgan fingerprint density at radius 3 is 2.92 bits per heavy atom. The van der Waals surface area contributed by atoms with E-state index in [1.165, 1.54) is 18.4 Å². The van der Waals surface area contributed by atoms with Gasteiger partial charge in [0, 0.05) is 31.4 Å². The molecule has 5 heteroatoms. The summed E-state index contributed by atoms with van der Waals surface area (Å²) in [6.07, 6.45) is 6.91. The molecule has 2 bridgehead atoms. The molecular formula is C21H27NO4. The van der Waals surface area contributed by atoms with Crippen molar-refractivity contribution in [2.45, 2.75) is 68.1 Å². The molecule has 6 rings (SSSR count). The fourth-order valence-corrected chi connectivity index (χ4v) is 7.14. The maximum atomic E-state index is 14.1. The first kappa shape index (κ1) is 15.7. The Kier molecular flexibility index (Phi) is 2.87. The Hall–Kier alpha value is -1.30. The van der Waals surface area contributed by atoms with Crippen molar-refractivity contribution in [3.8, 4) is 11.5 Å². The van der Waals surface area contributed by atoms with Gasteiger partial charge in [-0.2, -0.15) is 0 Å². The van der Waals surface area contributed by atoms with E-state index in [1.807, 2.05) is 6.07 Å². The third-order valence-corrected chi connectivity index (χ3v) is 8.28. The highest BCUT2D eigenvalue weighted by atomic mass is 16.6. The van der Waals surface area contributed by atoms with E-state index in [-0.39, 0.29) is 28.0 Å². The lowest BCUT2D eigenvalue weighted by atomic mass is 9.49. The van der Waals surface area contributed by atoms with Crippen LogP contribution >= 0.6 is 0 Å². The largest absolute Gasteiger partial charge is 0.632 e. The summed E-state index contributed by atoms with van der Waals surface area (Å²) in [7, 11) is 1.80. The number of hydroxylamine groups is 3. The number of rotatable bonds is 3. The van der Waals surface area contributed by atoms with Gasteiger partial charge in [-0.15, -0.1) is 0 Å². The fourth-order valence-electron chi connectivity index (χ4n) is 7.14. The Morgan fingerprint density at radius 1 is 1.31 bits per heavy atom. The van der Waals surface area contributed by atoms with Crippen molar-refractivity contribution >= 4 is 0 Å². The van der Waals surface area contributed by atoms with E-state index in [0.29, 0.717) is 18.2 Å². The maximum Gasteiger partial charge on any atom is 0.165 e. The average molecular weight is 357 g/mol. The molecule has 2 saturated carbocycles. The normalized spacial score (nSPS) is 45.2. The van der Waals surface area contributed by atoms with Crippen LogP contribution in [-0.4, -0.2) is 47.7 Å². The number of likely N-dealkylation sites (tertiary alicyclic amines) is 1. The number of benzene rings is 1. The van der Waals surface area contributed by atoms with E-state index in [0.717, 1.165) is 44.2 Å². The second-order valence-corrected chi connectivity index (χ2v) is 9.28. The number of nitrogens with zero attached hydrogens (tertiary/aromatic N) is 1. The lowest BCUT2D eigenvalue weighted by molar-refractivity contribution is -0.924. The van der Waals surface area contributed by atoms with E-state index >= 15 is 0 Å². The summed E-state index contributed by atoms with van der Waals surface area (Å²) in [6.45, 7) is 1.40. The monoisotopic (exact) mass is 357 g/mol. The van der Waals surface area contributed by atoms with Gasteiger partial charge in [0.15, 0.2) is 11.5 Å². The molecule has 0 radical (unpaired) electrons. The molecule has 5 aliphatic rings. The minimum atomic E-state index is -0.461. The van der Waals surface area contributed by atoms with Gasteiger partial charge in [0.05, 0.1) is 18.5 Å². The van der Waals surface area contributed by atoms with Crippen LogP contribution in [0.2, 0.25) is 0 Å².